The van der Waals surface area contributed by atoms with Gasteiger partial charge in [-0.15, -0.1) is 0 Å². The Kier molecular flexibility index (Phi) is 7.18. The Morgan fingerprint density at radius 2 is 1.80 bits per heavy atom. The highest BCUT2D eigenvalue weighted by atomic mass is 32.2. The van der Waals surface area contributed by atoms with Crippen molar-refractivity contribution >= 4 is 9.84 Å². The van der Waals surface area contributed by atoms with Crippen LogP contribution in [-0.4, -0.2) is 26.0 Å². The maximum absolute atomic E-state index is 11.6. The quantitative estimate of drug-likeness (QED) is 0.699. The van der Waals surface area contributed by atoms with E-state index in [2.05, 4.69) is 0 Å². The summed E-state index contributed by atoms with van der Waals surface area (Å²) in [6, 6.07) is 0.156. The van der Waals surface area contributed by atoms with E-state index >= 15 is 0 Å². The molecule has 0 aliphatic rings. The van der Waals surface area contributed by atoms with Crippen LogP contribution in [0.2, 0.25) is 0 Å². The summed E-state index contributed by atoms with van der Waals surface area (Å²) in [7, 11) is -2.85. The zero-order valence-electron chi connectivity index (χ0n) is 10.2. The van der Waals surface area contributed by atoms with Gasteiger partial charge in [-0.2, -0.15) is 0 Å². The third-order valence-electron chi connectivity index (χ3n) is 2.79. The van der Waals surface area contributed by atoms with Crippen LogP contribution in [0.5, 0.6) is 0 Å². The monoisotopic (exact) mass is 235 g/mol. The lowest BCUT2D eigenvalue weighted by Gasteiger charge is -2.11. The van der Waals surface area contributed by atoms with Crippen LogP contribution in [0, 0.1) is 5.92 Å². The van der Waals surface area contributed by atoms with Crippen molar-refractivity contribution in [3.05, 3.63) is 0 Å². The van der Waals surface area contributed by atoms with E-state index in [-0.39, 0.29) is 12.0 Å². The molecule has 0 rings (SSSR count). The minimum absolute atomic E-state index is 0.156. The Balaban J connectivity index is 3.85. The van der Waals surface area contributed by atoms with Crippen molar-refractivity contribution in [3.63, 3.8) is 0 Å². The number of rotatable bonds is 8. The van der Waals surface area contributed by atoms with E-state index in [0.717, 1.165) is 19.3 Å². The Bertz CT molecular complexity index is 249. The fraction of sp³-hybridized carbons (Fsp3) is 1.00. The normalized spacial score (nSPS) is 16.3. The summed E-state index contributed by atoms with van der Waals surface area (Å²) < 4.78 is 23.3. The molecule has 0 aromatic heterocycles. The zero-order valence-corrected chi connectivity index (χ0v) is 11.0. The van der Waals surface area contributed by atoms with Crippen LogP contribution < -0.4 is 5.73 Å². The number of hydrogen-bond acceptors (Lipinski definition) is 3. The minimum atomic E-state index is -2.85. The Morgan fingerprint density at radius 3 is 2.27 bits per heavy atom. The largest absolute Gasteiger partial charge is 0.328 e. The van der Waals surface area contributed by atoms with Gasteiger partial charge in [-0.1, -0.05) is 27.2 Å². The molecule has 0 spiro atoms. The van der Waals surface area contributed by atoms with Gasteiger partial charge in [0.2, 0.25) is 0 Å². The van der Waals surface area contributed by atoms with Gasteiger partial charge in [0.15, 0.2) is 9.84 Å². The Labute approximate surface area is 94.4 Å². The molecular formula is C11H25NO2S. The molecule has 0 heterocycles. The molecule has 2 unspecified atom stereocenters. The van der Waals surface area contributed by atoms with E-state index < -0.39 is 9.84 Å². The highest BCUT2D eigenvalue weighted by Crippen LogP contribution is 2.08. The van der Waals surface area contributed by atoms with Crippen LogP contribution in [0.25, 0.3) is 0 Å². The number of hydrogen-bond donors (Lipinski definition) is 1. The molecule has 92 valence electrons. The first kappa shape index (κ1) is 14.9. The first-order valence-corrected chi connectivity index (χ1v) is 7.69. The first-order chi connectivity index (χ1) is 6.91. The van der Waals surface area contributed by atoms with Crippen LogP contribution >= 0.6 is 0 Å². The van der Waals surface area contributed by atoms with E-state index in [1.54, 1.807) is 0 Å². The van der Waals surface area contributed by atoms with Crippen LogP contribution in [0.4, 0.5) is 0 Å². The van der Waals surface area contributed by atoms with E-state index in [1.807, 2.05) is 20.8 Å². The summed E-state index contributed by atoms with van der Waals surface area (Å²) in [5.74, 6) is 0.894. The SMILES string of the molecule is CCC(C)CS(=O)(=O)CCCC(N)CC. The molecule has 0 aromatic rings. The van der Waals surface area contributed by atoms with Gasteiger partial charge in [0.25, 0.3) is 0 Å². The topological polar surface area (TPSA) is 60.2 Å². The number of nitrogens with two attached hydrogens (primary N) is 1. The van der Waals surface area contributed by atoms with Gasteiger partial charge < -0.3 is 5.73 Å². The molecule has 0 fully saturated rings. The van der Waals surface area contributed by atoms with E-state index in [9.17, 15) is 8.42 Å². The van der Waals surface area contributed by atoms with Crippen molar-refractivity contribution in [2.24, 2.45) is 11.7 Å². The van der Waals surface area contributed by atoms with Gasteiger partial charge in [0.1, 0.15) is 0 Å². The smallest absolute Gasteiger partial charge is 0.150 e. The maximum atomic E-state index is 11.6. The molecule has 4 heteroatoms. The van der Waals surface area contributed by atoms with Crippen molar-refractivity contribution in [3.8, 4) is 0 Å². The lowest BCUT2D eigenvalue weighted by Crippen LogP contribution is -2.21. The first-order valence-electron chi connectivity index (χ1n) is 5.87. The molecule has 0 saturated heterocycles. The van der Waals surface area contributed by atoms with E-state index in [4.69, 9.17) is 5.73 Å². The molecule has 15 heavy (non-hydrogen) atoms. The molecule has 0 saturated carbocycles. The Morgan fingerprint density at radius 1 is 1.20 bits per heavy atom. The fourth-order valence-electron chi connectivity index (χ4n) is 1.40. The lowest BCUT2D eigenvalue weighted by molar-refractivity contribution is 0.550. The second-order valence-electron chi connectivity index (χ2n) is 4.44. The van der Waals surface area contributed by atoms with Gasteiger partial charge in [-0.05, 0) is 25.2 Å². The highest BCUT2D eigenvalue weighted by molar-refractivity contribution is 7.91. The summed E-state index contributed by atoms with van der Waals surface area (Å²) in [6.45, 7) is 6.03. The van der Waals surface area contributed by atoms with Gasteiger partial charge in [-0.25, -0.2) is 8.42 Å². The highest BCUT2D eigenvalue weighted by Gasteiger charge is 2.14. The van der Waals surface area contributed by atoms with E-state index in [1.165, 1.54) is 0 Å². The van der Waals surface area contributed by atoms with Crippen molar-refractivity contribution in [1.29, 1.82) is 0 Å². The van der Waals surface area contributed by atoms with Gasteiger partial charge >= 0.3 is 0 Å². The average molecular weight is 235 g/mol. The van der Waals surface area contributed by atoms with Gasteiger partial charge in [-0.3, -0.25) is 0 Å². The molecular weight excluding hydrogens is 210 g/mol. The summed E-state index contributed by atoms with van der Waals surface area (Å²) in [4.78, 5) is 0. The third-order valence-corrected chi connectivity index (χ3v) is 4.78. The predicted molar refractivity (Wildman–Crippen MR) is 65.6 cm³/mol. The number of sulfone groups is 1. The Hall–Kier alpha value is -0.0900. The van der Waals surface area contributed by atoms with Crippen molar-refractivity contribution < 1.29 is 8.42 Å². The van der Waals surface area contributed by atoms with E-state index in [0.29, 0.717) is 17.9 Å². The molecule has 0 radical (unpaired) electrons. The fourth-order valence-corrected chi connectivity index (χ4v) is 3.28. The van der Waals surface area contributed by atoms with Gasteiger partial charge in [0.05, 0.1) is 11.5 Å². The van der Waals surface area contributed by atoms with Gasteiger partial charge in [0, 0.05) is 6.04 Å². The third kappa shape index (κ3) is 7.79. The summed E-state index contributed by atoms with van der Waals surface area (Å²) >= 11 is 0. The second kappa shape index (κ2) is 7.23. The molecule has 0 bridgehead atoms. The van der Waals surface area contributed by atoms with Crippen molar-refractivity contribution in [2.75, 3.05) is 11.5 Å². The van der Waals surface area contributed by atoms with Crippen molar-refractivity contribution in [1.82, 2.24) is 0 Å². The second-order valence-corrected chi connectivity index (χ2v) is 6.67. The summed E-state index contributed by atoms with van der Waals surface area (Å²) in [5, 5.41) is 0. The zero-order chi connectivity index (χ0) is 11.9. The molecule has 0 aromatic carbocycles. The molecule has 2 N–H and O–H groups in total. The molecule has 0 amide bonds. The molecule has 0 aliphatic carbocycles. The maximum Gasteiger partial charge on any atom is 0.150 e. The summed E-state index contributed by atoms with van der Waals surface area (Å²) in [5.41, 5.74) is 5.73. The van der Waals surface area contributed by atoms with Crippen molar-refractivity contribution in [2.45, 2.75) is 52.5 Å². The van der Waals surface area contributed by atoms with Crippen LogP contribution in [0.15, 0.2) is 0 Å². The lowest BCUT2D eigenvalue weighted by atomic mass is 10.1. The minimum Gasteiger partial charge on any atom is -0.328 e. The standard InChI is InChI=1S/C11H25NO2S/c1-4-10(3)9-15(13,14)8-6-7-11(12)5-2/h10-11H,4-9,12H2,1-3H3. The predicted octanol–water partition coefficient (Wildman–Crippen LogP) is 1.96. The molecule has 0 aliphatic heterocycles. The average Bonchev–Trinajstić information content (AvgIpc) is 2.16. The summed E-state index contributed by atoms with van der Waals surface area (Å²) in [6.07, 6.45) is 3.36. The van der Waals surface area contributed by atoms with Crippen LogP contribution in [0.3, 0.4) is 0 Å². The van der Waals surface area contributed by atoms with Crippen LogP contribution in [0.1, 0.15) is 46.5 Å². The molecule has 2 atom stereocenters. The molecule has 3 nitrogen and oxygen atoms in total. The van der Waals surface area contributed by atoms with Crippen LogP contribution in [-0.2, 0) is 9.84 Å².